The Morgan fingerprint density at radius 2 is 2.00 bits per heavy atom. The number of fused-ring (bicyclic) bond motifs is 2. The SMILES string of the molecule is Cn1cnnc1CC1(c2cc(NCCC#N)nc(N3Cc4c(cc(CN5CCC6CC(O)CCC6C5)cc4C(F)(F)F)C3=O)c2)COC1. The van der Waals surface area contributed by atoms with E-state index in [-0.39, 0.29) is 36.0 Å². The number of hydrogen-bond donors (Lipinski definition) is 2. The normalized spacial score (nSPS) is 23.7. The van der Waals surface area contributed by atoms with Crippen molar-refractivity contribution in [2.75, 3.05) is 43.1 Å². The number of anilines is 2. The minimum Gasteiger partial charge on any atom is -0.393 e. The van der Waals surface area contributed by atoms with Gasteiger partial charge in [0.15, 0.2) is 0 Å². The molecule has 0 radical (unpaired) electrons. The second kappa shape index (κ2) is 12.8. The Balaban J connectivity index is 1.20. The molecule has 1 amide bonds. The number of aliphatic hydroxyl groups is 1. The third kappa shape index (κ3) is 6.26. The van der Waals surface area contributed by atoms with Gasteiger partial charge in [0.05, 0.1) is 43.9 Å². The molecule has 2 aromatic heterocycles. The number of carbonyl (C=O) groups excluding carboxylic acids is 1. The highest BCUT2D eigenvalue weighted by molar-refractivity contribution is 6.10. The number of aryl methyl sites for hydroxylation is 1. The van der Waals surface area contributed by atoms with E-state index in [0.717, 1.165) is 50.2 Å². The van der Waals surface area contributed by atoms with E-state index >= 15 is 0 Å². The number of hydrogen-bond acceptors (Lipinski definition) is 9. The summed E-state index contributed by atoms with van der Waals surface area (Å²) in [6.45, 7) is 2.65. The smallest absolute Gasteiger partial charge is 0.393 e. The molecule has 11 nitrogen and oxygen atoms in total. The van der Waals surface area contributed by atoms with Crippen molar-refractivity contribution in [2.24, 2.45) is 18.9 Å². The summed E-state index contributed by atoms with van der Waals surface area (Å²) in [5.74, 6) is 1.72. The Labute approximate surface area is 276 Å². The van der Waals surface area contributed by atoms with Crippen LogP contribution in [-0.2, 0) is 42.9 Å². The molecule has 14 heteroatoms. The molecule has 3 atom stereocenters. The molecule has 3 fully saturated rings. The third-order valence-corrected chi connectivity index (χ3v) is 10.5. The summed E-state index contributed by atoms with van der Waals surface area (Å²) in [5.41, 5.74) is -0.0453. The number of amides is 1. The lowest BCUT2D eigenvalue weighted by atomic mass is 9.74. The fourth-order valence-electron chi connectivity index (χ4n) is 7.85. The van der Waals surface area contributed by atoms with Crippen molar-refractivity contribution in [1.82, 2.24) is 24.6 Å². The third-order valence-electron chi connectivity index (χ3n) is 10.5. The van der Waals surface area contributed by atoms with Gasteiger partial charge in [-0.15, -0.1) is 10.2 Å². The van der Waals surface area contributed by atoms with Crippen LogP contribution in [0.15, 0.2) is 30.6 Å². The zero-order chi connectivity index (χ0) is 33.6. The molecular weight excluding hydrogens is 625 g/mol. The maximum atomic E-state index is 14.6. The van der Waals surface area contributed by atoms with Gasteiger partial charge in [-0.2, -0.15) is 18.4 Å². The topological polar surface area (TPSA) is 132 Å². The van der Waals surface area contributed by atoms with Gasteiger partial charge in [0, 0.05) is 44.1 Å². The molecule has 3 unspecified atom stereocenters. The summed E-state index contributed by atoms with van der Waals surface area (Å²) in [7, 11) is 1.85. The van der Waals surface area contributed by atoms with Crippen molar-refractivity contribution < 1.29 is 27.8 Å². The number of rotatable bonds is 9. The summed E-state index contributed by atoms with van der Waals surface area (Å²) in [4.78, 5) is 22.2. The molecule has 2 saturated heterocycles. The summed E-state index contributed by atoms with van der Waals surface area (Å²) in [6, 6.07) is 8.52. The molecule has 1 aromatic carbocycles. The molecule has 0 bridgehead atoms. The van der Waals surface area contributed by atoms with E-state index in [4.69, 9.17) is 10.00 Å². The summed E-state index contributed by atoms with van der Waals surface area (Å²) in [5, 5.41) is 30.5. The number of alkyl halides is 3. The van der Waals surface area contributed by atoms with Crippen molar-refractivity contribution in [1.29, 1.82) is 5.26 Å². The molecule has 2 N–H and O–H groups in total. The molecule has 1 aliphatic carbocycles. The first-order chi connectivity index (χ1) is 23.0. The predicted octanol–water partition coefficient (Wildman–Crippen LogP) is 4.21. The highest BCUT2D eigenvalue weighted by Gasteiger charge is 2.45. The average Bonchev–Trinajstić information content (AvgIpc) is 3.59. The number of piperidine rings is 1. The summed E-state index contributed by atoms with van der Waals surface area (Å²) in [6.07, 6.45) is 0.800. The maximum absolute atomic E-state index is 14.6. The van der Waals surface area contributed by atoms with Crippen molar-refractivity contribution in [3.63, 3.8) is 0 Å². The van der Waals surface area contributed by atoms with Gasteiger partial charge in [-0.25, -0.2) is 4.98 Å². The Hall–Kier alpha value is -4.06. The van der Waals surface area contributed by atoms with Crippen LogP contribution < -0.4 is 10.2 Å². The second-order valence-electron chi connectivity index (χ2n) is 13.8. The van der Waals surface area contributed by atoms with Crippen LogP contribution in [0.5, 0.6) is 0 Å². The predicted molar refractivity (Wildman–Crippen MR) is 169 cm³/mol. The van der Waals surface area contributed by atoms with Crippen LogP contribution in [0.25, 0.3) is 0 Å². The number of carbonyl (C=O) groups is 1. The van der Waals surface area contributed by atoms with Crippen LogP contribution in [0.2, 0.25) is 0 Å². The molecule has 3 aromatic rings. The molecule has 0 spiro atoms. The van der Waals surface area contributed by atoms with Gasteiger partial charge >= 0.3 is 6.18 Å². The minimum atomic E-state index is -4.65. The van der Waals surface area contributed by atoms with Crippen molar-refractivity contribution in [3.05, 3.63) is 64.2 Å². The van der Waals surface area contributed by atoms with Crippen molar-refractivity contribution >= 4 is 17.5 Å². The van der Waals surface area contributed by atoms with E-state index < -0.39 is 23.1 Å². The number of aromatic nitrogens is 4. The van der Waals surface area contributed by atoms with Gasteiger partial charge < -0.3 is 19.7 Å². The van der Waals surface area contributed by atoms with Crippen LogP contribution in [0.4, 0.5) is 24.8 Å². The molecule has 3 aliphatic heterocycles. The molecular formula is C34H39F3N8O3. The first-order valence-electron chi connectivity index (χ1n) is 16.5. The standard InChI is InChI=1S/C34H39F3N8O3/c1-43-20-40-42-31(43)14-33(18-48-19-33)24-12-29(39-7-2-6-38)41-30(13-24)45-17-27-26(32(45)47)9-21(10-28(27)34(35,36)37)15-44-8-5-22-11-25(46)4-3-23(22)16-44/h9-10,12-13,20,22-23,25,46H,2-5,7-8,11,14-19H2,1H3,(H,39,41). The lowest BCUT2D eigenvalue weighted by Crippen LogP contribution is -2.49. The fraction of sp³-hybridized carbons (Fsp3) is 0.559. The Kier molecular flexibility index (Phi) is 8.63. The van der Waals surface area contributed by atoms with Crippen LogP contribution in [-0.4, -0.2) is 74.6 Å². The van der Waals surface area contributed by atoms with Crippen molar-refractivity contribution in [3.8, 4) is 6.07 Å². The number of benzene rings is 1. The summed E-state index contributed by atoms with van der Waals surface area (Å²) < 4.78 is 51.3. The fourth-order valence-corrected chi connectivity index (χ4v) is 7.85. The van der Waals surface area contributed by atoms with Crippen LogP contribution in [0.1, 0.15) is 70.5 Å². The average molecular weight is 665 g/mol. The van der Waals surface area contributed by atoms with Crippen LogP contribution in [0, 0.1) is 23.2 Å². The van der Waals surface area contributed by atoms with Gasteiger partial charge in [-0.05, 0) is 85.0 Å². The first kappa shape index (κ1) is 32.5. The zero-order valence-corrected chi connectivity index (χ0v) is 26.8. The highest BCUT2D eigenvalue weighted by Crippen LogP contribution is 2.43. The Morgan fingerprint density at radius 3 is 2.71 bits per heavy atom. The number of halogens is 3. The number of likely N-dealkylation sites (tertiary alicyclic amines) is 1. The van der Waals surface area contributed by atoms with E-state index in [0.29, 0.717) is 55.9 Å². The number of nitrogens with zero attached hydrogens (tertiary/aromatic N) is 7. The second-order valence-corrected chi connectivity index (χ2v) is 13.8. The first-order valence-corrected chi connectivity index (χ1v) is 16.5. The van der Waals surface area contributed by atoms with Gasteiger partial charge in [0.1, 0.15) is 23.8 Å². The molecule has 254 valence electrons. The molecule has 1 saturated carbocycles. The molecule has 4 aliphatic rings. The van der Waals surface area contributed by atoms with E-state index in [9.17, 15) is 23.1 Å². The van der Waals surface area contributed by atoms with Crippen molar-refractivity contribution in [2.45, 2.75) is 69.3 Å². The lowest BCUT2D eigenvalue weighted by molar-refractivity contribution is -0.138. The molecule has 48 heavy (non-hydrogen) atoms. The van der Waals surface area contributed by atoms with Gasteiger partial charge in [-0.3, -0.25) is 14.6 Å². The quantitative estimate of drug-likeness (QED) is 0.323. The molecule has 5 heterocycles. The summed E-state index contributed by atoms with van der Waals surface area (Å²) >= 11 is 0. The molecule has 7 rings (SSSR count). The number of nitrogens with one attached hydrogen (secondary N) is 1. The van der Waals surface area contributed by atoms with Crippen LogP contribution in [0.3, 0.4) is 0 Å². The largest absolute Gasteiger partial charge is 0.416 e. The van der Waals surface area contributed by atoms with Gasteiger partial charge in [0.2, 0.25) is 0 Å². The number of pyridine rings is 1. The Morgan fingerprint density at radius 1 is 1.17 bits per heavy atom. The van der Waals surface area contributed by atoms with E-state index in [1.807, 2.05) is 17.7 Å². The van der Waals surface area contributed by atoms with Crippen LogP contribution >= 0.6 is 0 Å². The van der Waals surface area contributed by atoms with E-state index in [1.54, 1.807) is 18.5 Å². The van der Waals surface area contributed by atoms with Gasteiger partial charge in [0.25, 0.3) is 5.91 Å². The number of nitriles is 1. The van der Waals surface area contributed by atoms with Gasteiger partial charge in [-0.1, -0.05) is 0 Å². The maximum Gasteiger partial charge on any atom is 0.416 e. The monoisotopic (exact) mass is 664 g/mol. The van der Waals surface area contributed by atoms with E-state index in [2.05, 4.69) is 31.5 Å². The highest BCUT2D eigenvalue weighted by atomic mass is 19.4. The Bertz CT molecular complexity index is 1730. The zero-order valence-electron chi connectivity index (χ0n) is 26.8. The lowest BCUT2D eigenvalue weighted by Gasteiger charge is -2.42. The number of aliphatic hydroxyl groups excluding tert-OH is 1. The van der Waals surface area contributed by atoms with E-state index in [1.165, 1.54) is 11.0 Å². The number of ether oxygens (including phenoxy) is 1. The minimum absolute atomic E-state index is 0.0440.